The van der Waals surface area contributed by atoms with Gasteiger partial charge in [-0.05, 0) is 31.6 Å². The lowest BCUT2D eigenvalue weighted by Crippen LogP contribution is -2.52. The van der Waals surface area contributed by atoms with Gasteiger partial charge < -0.3 is 14.3 Å². The van der Waals surface area contributed by atoms with Gasteiger partial charge in [0.05, 0.1) is 19.9 Å². The molecular weight excluding hydrogens is 366 g/mol. The number of carbonyl (C=O) groups is 4. The Kier molecular flexibility index (Phi) is 9.28. The molecule has 0 aliphatic heterocycles. The molecule has 8 heteroatoms. The van der Waals surface area contributed by atoms with Crippen LogP contribution in [-0.4, -0.2) is 50.0 Å². The van der Waals surface area contributed by atoms with Gasteiger partial charge in [0.2, 0.25) is 0 Å². The van der Waals surface area contributed by atoms with Crippen molar-refractivity contribution in [1.82, 2.24) is 0 Å². The molecule has 0 amide bonds. The summed E-state index contributed by atoms with van der Waals surface area (Å²) >= 11 is 0. The third-order valence-electron chi connectivity index (χ3n) is 4.92. The molecule has 158 valence electrons. The van der Waals surface area contributed by atoms with Crippen LogP contribution in [0.1, 0.15) is 59.3 Å². The zero-order valence-electron chi connectivity index (χ0n) is 17.4. The number of unbranched alkanes of at least 4 members (excludes halogenated alkanes) is 2. The molecule has 1 aliphatic rings. The number of hydrogen-bond donors (Lipinski definition) is 0. The van der Waals surface area contributed by atoms with E-state index in [1.807, 2.05) is 0 Å². The first-order chi connectivity index (χ1) is 13.2. The highest BCUT2D eigenvalue weighted by molar-refractivity contribution is 6.26. The highest BCUT2D eigenvalue weighted by Crippen LogP contribution is 2.40. The molecule has 0 unspecified atom stereocenters. The van der Waals surface area contributed by atoms with E-state index in [4.69, 9.17) is 9.57 Å². The molecule has 2 atom stereocenters. The fourth-order valence-corrected chi connectivity index (χ4v) is 3.51. The van der Waals surface area contributed by atoms with Crippen LogP contribution in [0.15, 0.2) is 5.16 Å². The number of hydrogen-bond acceptors (Lipinski definition) is 8. The lowest BCUT2D eigenvalue weighted by molar-refractivity contribution is -0.159. The fourth-order valence-electron chi connectivity index (χ4n) is 3.51. The normalized spacial score (nSPS) is 22.0. The van der Waals surface area contributed by atoms with Crippen LogP contribution in [0.5, 0.6) is 0 Å². The van der Waals surface area contributed by atoms with E-state index >= 15 is 0 Å². The fraction of sp³-hybridized carbons (Fsp3) is 0.750. The van der Waals surface area contributed by atoms with Gasteiger partial charge in [-0.3, -0.25) is 19.2 Å². The molecule has 0 aromatic rings. The quantitative estimate of drug-likeness (QED) is 0.183. The lowest BCUT2D eigenvalue weighted by atomic mass is 9.63. The number of Topliss-reactive ketones (excluding diaryl/α,β-unsaturated/α-hetero) is 2. The first-order valence-electron chi connectivity index (χ1n) is 9.59. The standard InChI is InChI=1S/C20H31NO7/c1-6-28-21-13(10-8-7-9-11-15(23)26-4)16-14(22)12-20(2,3)17(18(16)24)19(25)27-5/h16-17H,6-12H2,1-5H3/b21-13-/t16-,17+/m1/s1. The minimum Gasteiger partial charge on any atom is -0.469 e. The van der Waals surface area contributed by atoms with Crippen molar-refractivity contribution < 1.29 is 33.5 Å². The van der Waals surface area contributed by atoms with Gasteiger partial charge in [0, 0.05) is 12.8 Å². The maximum atomic E-state index is 13.1. The Morgan fingerprint density at radius 2 is 1.71 bits per heavy atom. The van der Waals surface area contributed by atoms with Gasteiger partial charge >= 0.3 is 11.9 Å². The Balaban J connectivity index is 2.93. The van der Waals surface area contributed by atoms with Gasteiger partial charge in [-0.25, -0.2) is 0 Å². The van der Waals surface area contributed by atoms with Crippen LogP contribution < -0.4 is 0 Å². The first kappa shape index (κ1) is 23.8. The second kappa shape index (κ2) is 10.9. The van der Waals surface area contributed by atoms with E-state index in [9.17, 15) is 19.2 Å². The smallest absolute Gasteiger partial charge is 0.316 e. The predicted octanol–water partition coefficient (Wildman–Crippen LogP) is 2.48. The van der Waals surface area contributed by atoms with E-state index in [0.29, 0.717) is 44.4 Å². The number of esters is 2. The molecule has 0 bridgehead atoms. The van der Waals surface area contributed by atoms with E-state index in [1.54, 1.807) is 20.8 Å². The molecule has 0 heterocycles. The van der Waals surface area contributed by atoms with Crippen LogP contribution in [0.4, 0.5) is 0 Å². The van der Waals surface area contributed by atoms with Crippen molar-refractivity contribution in [2.45, 2.75) is 59.3 Å². The molecular formula is C20H31NO7. The van der Waals surface area contributed by atoms with E-state index in [0.717, 1.165) is 0 Å². The number of methoxy groups -OCH3 is 2. The van der Waals surface area contributed by atoms with Crippen molar-refractivity contribution in [3.05, 3.63) is 0 Å². The zero-order valence-corrected chi connectivity index (χ0v) is 17.4. The topological polar surface area (TPSA) is 108 Å². The van der Waals surface area contributed by atoms with Crippen LogP contribution in [0.2, 0.25) is 0 Å². The average Bonchev–Trinajstić information content (AvgIpc) is 2.63. The zero-order chi connectivity index (χ0) is 21.3. The van der Waals surface area contributed by atoms with Gasteiger partial charge in [0.15, 0.2) is 5.78 Å². The summed E-state index contributed by atoms with van der Waals surface area (Å²) in [7, 11) is 2.57. The Bertz CT molecular complexity index is 624. The molecule has 1 rings (SSSR count). The molecule has 28 heavy (non-hydrogen) atoms. The Hall–Kier alpha value is -2.25. The van der Waals surface area contributed by atoms with E-state index in [-0.39, 0.29) is 18.2 Å². The Labute approximate surface area is 166 Å². The molecule has 8 nitrogen and oxygen atoms in total. The molecule has 0 saturated heterocycles. The summed E-state index contributed by atoms with van der Waals surface area (Å²) in [6.07, 6.45) is 2.75. The summed E-state index contributed by atoms with van der Waals surface area (Å²) < 4.78 is 9.40. The number of ether oxygens (including phenoxy) is 2. The van der Waals surface area contributed by atoms with Crippen LogP contribution in [-0.2, 0) is 33.5 Å². The molecule has 0 N–H and O–H groups in total. The molecule has 1 saturated carbocycles. The maximum Gasteiger partial charge on any atom is 0.316 e. The second-order valence-corrected chi connectivity index (χ2v) is 7.56. The van der Waals surface area contributed by atoms with Crippen molar-refractivity contribution in [2.75, 3.05) is 20.8 Å². The summed E-state index contributed by atoms with van der Waals surface area (Å²) in [5.41, 5.74) is -0.478. The summed E-state index contributed by atoms with van der Waals surface area (Å²) in [4.78, 5) is 54.3. The highest BCUT2D eigenvalue weighted by atomic mass is 16.6. The third kappa shape index (κ3) is 6.14. The molecule has 1 fully saturated rings. The van der Waals surface area contributed by atoms with Crippen molar-refractivity contribution in [1.29, 1.82) is 0 Å². The molecule has 0 spiro atoms. The minimum absolute atomic E-state index is 0.0800. The largest absolute Gasteiger partial charge is 0.469 e. The van der Waals surface area contributed by atoms with Crippen LogP contribution in [0.25, 0.3) is 0 Å². The van der Waals surface area contributed by atoms with Crippen LogP contribution >= 0.6 is 0 Å². The second-order valence-electron chi connectivity index (χ2n) is 7.56. The number of carbonyl (C=O) groups excluding carboxylic acids is 4. The van der Waals surface area contributed by atoms with Crippen molar-refractivity contribution in [3.63, 3.8) is 0 Å². The SMILES string of the molecule is CCO/N=C(/CCCCCC(=O)OC)[C@@H]1C(=O)CC(C)(C)[C@H](C(=O)OC)C1=O. The molecule has 0 aromatic carbocycles. The van der Waals surface area contributed by atoms with Gasteiger partial charge in [-0.2, -0.15) is 0 Å². The molecule has 0 aromatic heterocycles. The van der Waals surface area contributed by atoms with Crippen LogP contribution in [0.3, 0.4) is 0 Å². The van der Waals surface area contributed by atoms with Gasteiger partial charge in [0.25, 0.3) is 0 Å². The van der Waals surface area contributed by atoms with E-state index < -0.39 is 29.0 Å². The van der Waals surface area contributed by atoms with E-state index in [2.05, 4.69) is 9.89 Å². The van der Waals surface area contributed by atoms with Gasteiger partial charge in [-0.1, -0.05) is 25.4 Å². The first-order valence-corrected chi connectivity index (χ1v) is 9.59. The predicted molar refractivity (Wildman–Crippen MR) is 102 cm³/mol. The maximum absolute atomic E-state index is 13.1. The van der Waals surface area contributed by atoms with Gasteiger partial charge in [-0.15, -0.1) is 0 Å². The number of rotatable bonds is 10. The Morgan fingerprint density at radius 3 is 2.29 bits per heavy atom. The molecule has 1 aliphatic carbocycles. The average molecular weight is 397 g/mol. The third-order valence-corrected chi connectivity index (χ3v) is 4.92. The van der Waals surface area contributed by atoms with Gasteiger partial charge in [0.1, 0.15) is 24.2 Å². The van der Waals surface area contributed by atoms with Crippen molar-refractivity contribution in [3.8, 4) is 0 Å². The summed E-state index contributed by atoms with van der Waals surface area (Å²) in [5.74, 6) is -3.77. The monoisotopic (exact) mass is 397 g/mol. The van der Waals surface area contributed by atoms with Crippen molar-refractivity contribution >= 4 is 29.2 Å². The van der Waals surface area contributed by atoms with Crippen molar-refractivity contribution in [2.24, 2.45) is 22.4 Å². The number of ketones is 2. The number of oxime groups is 1. The van der Waals surface area contributed by atoms with Crippen LogP contribution in [0, 0.1) is 17.3 Å². The minimum atomic E-state index is -1.09. The lowest BCUT2D eigenvalue weighted by Gasteiger charge is -2.38. The summed E-state index contributed by atoms with van der Waals surface area (Å²) in [6.45, 7) is 5.48. The van der Waals surface area contributed by atoms with E-state index in [1.165, 1.54) is 14.2 Å². The molecule has 0 radical (unpaired) electrons. The Morgan fingerprint density at radius 1 is 1.07 bits per heavy atom. The summed E-state index contributed by atoms with van der Waals surface area (Å²) in [6, 6.07) is 0. The summed E-state index contributed by atoms with van der Waals surface area (Å²) in [5, 5.41) is 4.01. The number of nitrogens with zero attached hydrogens (tertiary/aromatic N) is 1. The highest BCUT2D eigenvalue weighted by Gasteiger charge is 2.53.